The van der Waals surface area contributed by atoms with Gasteiger partial charge in [0, 0.05) is 12.8 Å². The second-order valence-electron chi connectivity index (χ2n) is 9.92. The highest BCUT2D eigenvalue weighted by Crippen LogP contribution is 2.29. The number of aromatic carboxylic acids is 2. The number of aryl methyl sites for hydroxylation is 2. The van der Waals surface area contributed by atoms with Crippen molar-refractivity contribution in [3.05, 3.63) is 121 Å². The van der Waals surface area contributed by atoms with E-state index in [4.69, 9.17) is 46.4 Å². The van der Waals surface area contributed by atoms with E-state index in [-0.39, 0.29) is 31.6 Å². The SMILES string of the molecule is Cc1c(C(=O)[O-])sc2nc(Cc3ccc(Cl)c(Cl)c3)[nH]c(=O)c12.Cc1c(C(=O)[O-])sc2nc(Cc3ccc(Cl)c(Cl)c3)[nH]c(=O)c12. The summed E-state index contributed by atoms with van der Waals surface area (Å²) in [6, 6.07) is 10.3. The number of nitrogens with one attached hydrogen (secondary N) is 2. The summed E-state index contributed by atoms with van der Waals surface area (Å²) in [5, 5.41) is 24.4. The normalized spacial score (nSPS) is 11.1. The van der Waals surface area contributed by atoms with Gasteiger partial charge in [0.25, 0.3) is 11.1 Å². The Balaban J connectivity index is 0.000000181. The van der Waals surface area contributed by atoms with Crippen molar-refractivity contribution in [2.75, 3.05) is 0 Å². The van der Waals surface area contributed by atoms with Crippen molar-refractivity contribution in [2.45, 2.75) is 26.7 Å². The van der Waals surface area contributed by atoms with E-state index in [9.17, 15) is 29.4 Å². The number of carboxylic acid groups (broad SMARTS) is 2. The van der Waals surface area contributed by atoms with Gasteiger partial charge in [0.2, 0.25) is 0 Å². The number of benzene rings is 2. The minimum Gasteiger partial charge on any atom is -0.544 e. The average molecular weight is 736 g/mol. The fourth-order valence-corrected chi connectivity index (χ4v) is 7.33. The number of carbonyl (C=O) groups excluding carboxylic acids is 2. The van der Waals surface area contributed by atoms with Crippen molar-refractivity contribution in [3.63, 3.8) is 0 Å². The number of nitrogens with zero attached hydrogens (tertiary/aromatic N) is 2. The molecule has 2 N–H and O–H groups in total. The van der Waals surface area contributed by atoms with E-state index >= 15 is 0 Å². The number of hydrogen-bond donors (Lipinski definition) is 2. The summed E-state index contributed by atoms with van der Waals surface area (Å²) in [7, 11) is 0. The summed E-state index contributed by atoms with van der Waals surface area (Å²) < 4.78 is 0. The Morgan fingerprint density at radius 3 is 1.37 bits per heavy atom. The van der Waals surface area contributed by atoms with E-state index in [1.807, 2.05) is 0 Å². The molecule has 2 aromatic carbocycles. The molecule has 0 atom stereocenters. The molecule has 0 fully saturated rings. The van der Waals surface area contributed by atoms with E-state index < -0.39 is 11.9 Å². The minimum absolute atomic E-state index is 0.0182. The molecular weight excluding hydrogens is 718 g/mol. The molecule has 0 aliphatic carbocycles. The molecule has 0 spiro atoms. The quantitative estimate of drug-likeness (QED) is 0.238. The summed E-state index contributed by atoms with van der Waals surface area (Å²) >= 11 is 25.6. The Morgan fingerprint density at radius 2 is 1.04 bits per heavy atom. The summed E-state index contributed by atoms with van der Waals surface area (Å²) in [5.74, 6) is -1.77. The minimum atomic E-state index is -1.31. The van der Waals surface area contributed by atoms with Crippen molar-refractivity contribution in [1.29, 1.82) is 0 Å². The maximum absolute atomic E-state index is 12.2. The lowest BCUT2D eigenvalue weighted by Gasteiger charge is -2.03. The van der Waals surface area contributed by atoms with Crippen LogP contribution >= 0.6 is 69.1 Å². The zero-order valence-electron chi connectivity index (χ0n) is 23.6. The van der Waals surface area contributed by atoms with Gasteiger partial charge < -0.3 is 29.8 Å². The molecule has 6 rings (SSSR count). The Labute approximate surface area is 287 Å². The van der Waals surface area contributed by atoms with Crippen molar-refractivity contribution in [1.82, 2.24) is 19.9 Å². The molecule has 46 heavy (non-hydrogen) atoms. The third-order valence-corrected chi connectivity index (χ3v) is 10.6. The van der Waals surface area contributed by atoms with E-state index in [0.29, 0.717) is 65.4 Å². The molecule has 0 unspecified atom stereocenters. The van der Waals surface area contributed by atoms with Gasteiger partial charge in [-0.25, -0.2) is 9.97 Å². The number of aromatic amines is 2. The number of carboxylic acids is 2. The van der Waals surface area contributed by atoms with Crippen LogP contribution in [0.5, 0.6) is 0 Å². The first kappa shape index (κ1) is 33.6. The van der Waals surface area contributed by atoms with Gasteiger partial charge >= 0.3 is 0 Å². The van der Waals surface area contributed by atoms with Crippen LogP contribution < -0.4 is 21.3 Å². The summed E-state index contributed by atoms with van der Waals surface area (Å²) in [4.78, 5) is 61.4. The monoisotopic (exact) mass is 734 g/mol. The van der Waals surface area contributed by atoms with Crippen LogP contribution in [0.4, 0.5) is 0 Å². The maximum atomic E-state index is 12.2. The number of rotatable bonds is 6. The van der Waals surface area contributed by atoms with E-state index in [1.165, 1.54) is 0 Å². The van der Waals surface area contributed by atoms with Gasteiger partial charge in [-0.05, 0) is 60.4 Å². The predicted octanol–water partition coefficient (Wildman–Crippen LogP) is 5.11. The molecular formula is C30H18Cl4N4O6S2-2. The lowest BCUT2D eigenvalue weighted by molar-refractivity contribution is -0.255. The molecule has 0 radical (unpaired) electrons. The van der Waals surface area contributed by atoms with Crippen molar-refractivity contribution in [2.24, 2.45) is 0 Å². The van der Waals surface area contributed by atoms with Crippen LogP contribution in [-0.4, -0.2) is 31.9 Å². The predicted molar refractivity (Wildman–Crippen MR) is 177 cm³/mol. The molecule has 0 amide bonds. The summed E-state index contributed by atoms with van der Waals surface area (Å²) in [6.07, 6.45) is 0.694. The van der Waals surface area contributed by atoms with Gasteiger partial charge in [0.15, 0.2) is 0 Å². The van der Waals surface area contributed by atoms with Crippen LogP contribution in [0.3, 0.4) is 0 Å². The number of thiophene rings is 2. The van der Waals surface area contributed by atoms with Gasteiger partial charge in [-0.3, -0.25) is 9.59 Å². The first-order chi connectivity index (χ1) is 21.7. The molecule has 0 aliphatic heterocycles. The van der Waals surface area contributed by atoms with Gasteiger partial charge in [-0.1, -0.05) is 58.5 Å². The third-order valence-electron chi connectivity index (χ3n) is 6.78. The maximum Gasteiger partial charge on any atom is 0.259 e. The van der Waals surface area contributed by atoms with Crippen molar-refractivity contribution < 1.29 is 19.8 Å². The smallest absolute Gasteiger partial charge is 0.259 e. The highest BCUT2D eigenvalue weighted by atomic mass is 35.5. The number of aromatic nitrogens is 4. The van der Waals surface area contributed by atoms with Gasteiger partial charge in [0.05, 0.1) is 52.6 Å². The zero-order chi connectivity index (χ0) is 33.4. The molecule has 4 aromatic heterocycles. The Morgan fingerprint density at radius 1 is 0.674 bits per heavy atom. The Hall–Kier alpha value is -3.78. The van der Waals surface area contributed by atoms with Crippen LogP contribution in [0.15, 0.2) is 46.0 Å². The number of halogens is 4. The van der Waals surface area contributed by atoms with Crippen LogP contribution in [-0.2, 0) is 12.8 Å². The topological polar surface area (TPSA) is 172 Å². The summed E-state index contributed by atoms with van der Waals surface area (Å²) in [5.41, 5.74) is 1.67. The van der Waals surface area contributed by atoms with Crippen molar-refractivity contribution >= 4 is 101 Å². The second kappa shape index (κ2) is 13.5. The highest BCUT2D eigenvalue weighted by molar-refractivity contribution is 7.20. The van der Waals surface area contributed by atoms with Crippen LogP contribution in [0.25, 0.3) is 20.4 Å². The zero-order valence-corrected chi connectivity index (χ0v) is 28.2. The standard InChI is InChI=1S/2C15H10Cl2N2O3S/c2*1-6-11-13(20)18-10(19-14(11)23-12(6)15(21)22)5-7-2-3-8(16)9(17)4-7/h2*2-4H,5H2,1H3,(H,21,22)(H,18,19,20)/p-2. The number of fused-ring (bicyclic) bond motifs is 2. The van der Waals surface area contributed by atoms with Crippen LogP contribution in [0.1, 0.15) is 53.2 Å². The number of carbonyl (C=O) groups is 2. The lowest BCUT2D eigenvalue weighted by Crippen LogP contribution is -2.22. The van der Waals surface area contributed by atoms with E-state index in [0.717, 1.165) is 33.8 Å². The van der Waals surface area contributed by atoms with Gasteiger partial charge in [-0.15, -0.1) is 22.7 Å². The molecule has 236 valence electrons. The lowest BCUT2D eigenvalue weighted by atomic mass is 10.1. The second-order valence-corrected chi connectivity index (χ2v) is 13.6. The Kier molecular flexibility index (Phi) is 9.87. The first-order valence-electron chi connectivity index (χ1n) is 13.1. The van der Waals surface area contributed by atoms with Gasteiger partial charge in [0.1, 0.15) is 21.3 Å². The highest BCUT2D eigenvalue weighted by Gasteiger charge is 2.16. The molecule has 6 aromatic rings. The number of hydrogen-bond acceptors (Lipinski definition) is 10. The Bertz CT molecular complexity index is 2150. The van der Waals surface area contributed by atoms with E-state index in [2.05, 4.69) is 19.9 Å². The molecule has 16 heteroatoms. The molecule has 0 saturated carbocycles. The van der Waals surface area contributed by atoms with Gasteiger partial charge in [-0.2, -0.15) is 0 Å². The fraction of sp³-hybridized carbons (Fsp3) is 0.133. The molecule has 0 saturated heterocycles. The van der Waals surface area contributed by atoms with Crippen LogP contribution in [0, 0.1) is 13.8 Å². The third kappa shape index (κ3) is 6.97. The van der Waals surface area contributed by atoms with Crippen LogP contribution in [0.2, 0.25) is 20.1 Å². The summed E-state index contributed by atoms with van der Waals surface area (Å²) in [6.45, 7) is 3.14. The number of H-pyrrole nitrogens is 2. The molecule has 0 bridgehead atoms. The van der Waals surface area contributed by atoms with Crippen molar-refractivity contribution in [3.8, 4) is 0 Å². The molecule has 4 heterocycles. The molecule has 10 nitrogen and oxygen atoms in total. The first-order valence-corrected chi connectivity index (χ1v) is 16.2. The molecule has 0 aliphatic rings. The average Bonchev–Trinajstić information content (AvgIpc) is 3.50. The fourth-order valence-electron chi connectivity index (χ4n) is 4.62. The largest absolute Gasteiger partial charge is 0.544 e. The van der Waals surface area contributed by atoms with E-state index in [1.54, 1.807) is 50.2 Å².